The highest BCUT2D eigenvalue weighted by Gasteiger charge is 2.32. The minimum Gasteiger partial charge on any atom is -0.480 e. The average molecular weight is 404 g/mol. The molecule has 0 aliphatic rings. The van der Waals surface area contributed by atoms with E-state index < -0.39 is 47.2 Å². The van der Waals surface area contributed by atoms with E-state index in [1.807, 2.05) is 0 Å². The average Bonchev–Trinajstić information content (AvgIpc) is 2.48. The highest BCUT2D eigenvalue weighted by atomic mass is 31.2. The minimum absolute atomic E-state index is 0.113. The number of amides is 1. The molecule has 3 N–H and O–H groups in total. The van der Waals surface area contributed by atoms with Gasteiger partial charge in [-0.15, -0.1) is 0 Å². The second-order valence-corrected chi connectivity index (χ2v) is 8.34. The Morgan fingerprint density at radius 2 is 1.89 bits per heavy atom. The fourth-order valence-corrected chi connectivity index (χ4v) is 2.88. The first-order valence-electron chi connectivity index (χ1n) is 7.65. The number of nitro groups is 1. The van der Waals surface area contributed by atoms with E-state index in [4.69, 9.17) is 4.74 Å². The van der Waals surface area contributed by atoms with Crippen molar-refractivity contribution in [1.29, 1.82) is 0 Å². The molecule has 0 unspecified atom stereocenters. The number of nitro benzene ring substituents is 1. The minimum atomic E-state index is -4.88. The number of likely N-dealkylation sites (N-methyl/N-ethyl adjacent to an activating group) is 1. The summed E-state index contributed by atoms with van der Waals surface area (Å²) in [5.74, 6) is -1.37. The van der Waals surface area contributed by atoms with E-state index >= 15 is 0 Å². The molecule has 1 aromatic rings. The summed E-state index contributed by atoms with van der Waals surface area (Å²) in [6.45, 7) is 4.83. The highest BCUT2D eigenvalue weighted by Crippen LogP contribution is 2.37. The molecule has 1 amide bonds. The molecule has 0 aliphatic carbocycles. The number of carbonyl (C=O) groups excluding carboxylic acids is 1. The van der Waals surface area contributed by atoms with Gasteiger partial charge in [-0.05, 0) is 32.4 Å². The molecule has 27 heavy (non-hydrogen) atoms. The molecular weight excluding hydrogens is 383 g/mol. The Bertz CT molecular complexity index is 797. The monoisotopic (exact) mass is 404 g/mol. The lowest BCUT2D eigenvalue weighted by atomic mass is 10.0. The van der Waals surface area contributed by atoms with Crippen LogP contribution in [0.5, 0.6) is 0 Å². The van der Waals surface area contributed by atoms with Crippen molar-refractivity contribution >= 4 is 30.7 Å². The van der Waals surface area contributed by atoms with Crippen molar-refractivity contribution in [3.05, 3.63) is 33.9 Å². The molecule has 1 rings (SSSR count). The molecule has 0 heterocycles. The molecule has 1 atom stereocenters. The molecule has 0 saturated carbocycles. The number of aliphatic carboxylic acids is 1. The van der Waals surface area contributed by atoms with Crippen molar-refractivity contribution < 1.29 is 38.7 Å². The molecule has 150 valence electrons. The van der Waals surface area contributed by atoms with Gasteiger partial charge in [-0.25, -0.2) is 9.59 Å². The number of carboxylic acid groups (broad SMARTS) is 1. The van der Waals surface area contributed by atoms with Gasteiger partial charge in [0.05, 0.1) is 4.92 Å². The van der Waals surface area contributed by atoms with Crippen molar-refractivity contribution in [2.24, 2.45) is 0 Å². The molecule has 0 saturated heterocycles. The third-order valence-corrected chi connectivity index (χ3v) is 4.42. The van der Waals surface area contributed by atoms with Crippen LogP contribution in [0.25, 0.3) is 0 Å². The van der Waals surface area contributed by atoms with Gasteiger partial charge in [-0.1, -0.05) is 6.07 Å². The Morgan fingerprint density at radius 1 is 1.33 bits per heavy atom. The van der Waals surface area contributed by atoms with Crippen LogP contribution in [0.1, 0.15) is 26.3 Å². The van der Waals surface area contributed by atoms with Crippen LogP contribution in [0.3, 0.4) is 0 Å². The van der Waals surface area contributed by atoms with E-state index in [2.05, 4.69) is 0 Å². The van der Waals surface area contributed by atoms with Crippen LogP contribution in [0.4, 0.5) is 10.5 Å². The number of hydrogen-bond donors (Lipinski definition) is 3. The van der Waals surface area contributed by atoms with Crippen molar-refractivity contribution in [2.75, 3.05) is 7.05 Å². The quantitative estimate of drug-likeness (QED) is 0.359. The molecule has 0 bridgehead atoms. The normalized spacial score (nSPS) is 13.0. The molecular formula is C15H21N2O9P. The topological polar surface area (TPSA) is 168 Å². The summed E-state index contributed by atoms with van der Waals surface area (Å²) in [5, 5.41) is 19.7. The maximum Gasteiger partial charge on any atom is 0.410 e. The zero-order chi connectivity index (χ0) is 21.2. The molecule has 0 radical (unpaired) electrons. The van der Waals surface area contributed by atoms with Crippen LogP contribution in [-0.2, 0) is 20.5 Å². The summed E-state index contributed by atoms with van der Waals surface area (Å²) >= 11 is 0. The number of carboxylic acids is 1. The second kappa shape index (κ2) is 8.03. The maximum atomic E-state index is 12.1. The van der Waals surface area contributed by atoms with Crippen LogP contribution >= 0.6 is 7.60 Å². The van der Waals surface area contributed by atoms with Crippen LogP contribution in [0, 0.1) is 10.1 Å². The molecule has 0 aliphatic heterocycles. The Balaban J connectivity index is 3.20. The third kappa shape index (κ3) is 6.31. The number of ether oxygens (including phenoxy) is 1. The Hall–Kier alpha value is -2.49. The highest BCUT2D eigenvalue weighted by molar-refractivity contribution is 7.60. The molecule has 12 heteroatoms. The van der Waals surface area contributed by atoms with Gasteiger partial charge in [0.25, 0.3) is 5.69 Å². The van der Waals surface area contributed by atoms with Gasteiger partial charge >= 0.3 is 19.7 Å². The first-order chi connectivity index (χ1) is 12.1. The molecule has 0 spiro atoms. The Labute approximate surface area is 154 Å². The van der Waals surface area contributed by atoms with Gasteiger partial charge in [0, 0.05) is 19.5 Å². The van der Waals surface area contributed by atoms with Crippen molar-refractivity contribution in [3.63, 3.8) is 0 Å². The van der Waals surface area contributed by atoms with E-state index in [0.717, 1.165) is 17.0 Å². The number of rotatable bonds is 6. The van der Waals surface area contributed by atoms with Crippen LogP contribution < -0.4 is 5.30 Å². The van der Waals surface area contributed by atoms with Crippen molar-refractivity contribution in [3.8, 4) is 0 Å². The SMILES string of the molecule is CN(C(=O)OC(C)(C)C)[C@H](Cc1ccc(P(=O)(O)O)c([N+](=O)[O-])c1)C(=O)O. The Morgan fingerprint density at radius 3 is 2.30 bits per heavy atom. The van der Waals surface area contributed by atoms with Gasteiger partial charge in [-0.2, -0.15) is 0 Å². The Kier molecular flexibility index (Phi) is 6.71. The first-order valence-corrected chi connectivity index (χ1v) is 9.26. The summed E-state index contributed by atoms with van der Waals surface area (Å²) in [7, 11) is -3.67. The second-order valence-electron chi connectivity index (χ2n) is 6.77. The van der Waals surface area contributed by atoms with Crippen molar-refractivity contribution in [1.82, 2.24) is 4.90 Å². The number of hydrogen-bond acceptors (Lipinski definition) is 6. The van der Waals surface area contributed by atoms with Crippen LogP contribution in [0.15, 0.2) is 18.2 Å². The van der Waals surface area contributed by atoms with Gasteiger partial charge in [0.15, 0.2) is 0 Å². The summed E-state index contributed by atoms with van der Waals surface area (Å²) < 4.78 is 16.5. The maximum absolute atomic E-state index is 12.1. The summed E-state index contributed by atoms with van der Waals surface area (Å²) in [6, 6.07) is 1.52. The predicted octanol–water partition coefficient (Wildman–Crippen LogP) is 1.26. The fourth-order valence-electron chi connectivity index (χ4n) is 2.16. The lowest BCUT2D eigenvalue weighted by Crippen LogP contribution is -2.46. The zero-order valence-electron chi connectivity index (χ0n) is 15.1. The summed E-state index contributed by atoms with van der Waals surface area (Å²) in [4.78, 5) is 53.0. The molecule has 11 nitrogen and oxygen atoms in total. The van der Waals surface area contributed by atoms with Gasteiger partial charge in [0.2, 0.25) is 0 Å². The van der Waals surface area contributed by atoms with Crippen LogP contribution in [-0.4, -0.2) is 55.5 Å². The van der Waals surface area contributed by atoms with E-state index in [0.29, 0.717) is 0 Å². The van der Waals surface area contributed by atoms with Crippen LogP contribution in [0.2, 0.25) is 0 Å². The molecule has 0 aromatic heterocycles. The van der Waals surface area contributed by atoms with E-state index in [9.17, 15) is 39.2 Å². The van der Waals surface area contributed by atoms with Gasteiger partial charge in [0.1, 0.15) is 16.9 Å². The summed E-state index contributed by atoms with van der Waals surface area (Å²) in [5.41, 5.74) is -1.57. The largest absolute Gasteiger partial charge is 0.480 e. The van der Waals surface area contributed by atoms with E-state index in [1.165, 1.54) is 13.1 Å². The zero-order valence-corrected chi connectivity index (χ0v) is 16.0. The van der Waals surface area contributed by atoms with Crippen molar-refractivity contribution in [2.45, 2.75) is 38.8 Å². The standard InChI is InChI=1S/C15H21N2O9P/c1-15(2,3)26-14(20)16(4)11(13(18)19)8-9-5-6-12(27(23,24)25)10(7-9)17(21)22/h5-7,11H,8H2,1-4H3,(H,18,19)(H2,23,24,25)/t11-/m1/s1. The lowest BCUT2D eigenvalue weighted by Gasteiger charge is -2.28. The predicted molar refractivity (Wildman–Crippen MR) is 93.9 cm³/mol. The third-order valence-electron chi connectivity index (χ3n) is 3.41. The molecule has 1 aromatic carbocycles. The number of nitrogens with zero attached hydrogens (tertiary/aromatic N) is 2. The van der Waals surface area contributed by atoms with E-state index in [1.54, 1.807) is 20.8 Å². The van der Waals surface area contributed by atoms with Gasteiger partial charge < -0.3 is 19.6 Å². The number of benzene rings is 1. The number of carbonyl (C=O) groups is 2. The van der Waals surface area contributed by atoms with Gasteiger partial charge in [-0.3, -0.25) is 19.6 Å². The first kappa shape index (κ1) is 22.6. The lowest BCUT2D eigenvalue weighted by molar-refractivity contribution is -0.383. The fraction of sp³-hybridized carbons (Fsp3) is 0.467. The molecule has 0 fully saturated rings. The van der Waals surface area contributed by atoms with E-state index in [-0.39, 0.29) is 12.0 Å². The smallest absolute Gasteiger partial charge is 0.410 e. The summed E-state index contributed by atoms with van der Waals surface area (Å²) in [6.07, 6.45) is -1.22.